The van der Waals surface area contributed by atoms with Gasteiger partial charge in [0.2, 0.25) is 0 Å². The summed E-state index contributed by atoms with van der Waals surface area (Å²) in [6.45, 7) is 2.19. The van der Waals surface area contributed by atoms with Crippen molar-refractivity contribution in [2.24, 2.45) is 0 Å². The van der Waals surface area contributed by atoms with Crippen LogP contribution in [0.2, 0.25) is 0 Å². The molecule has 1 N–H and O–H groups in total. The third kappa shape index (κ3) is 3.11. The minimum absolute atomic E-state index is 1.09. The van der Waals surface area contributed by atoms with E-state index in [2.05, 4.69) is 58.7 Å². The molecule has 1 aliphatic rings. The molecule has 0 amide bonds. The Balaban J connectivity index is 1.91. The number of hydrogen-bond acceptors (Lipinski definition) is 2. The van der Waals surface area contributed by atoms with Gasteiger partial charge in [-0.25, -0.2) is 0 Å². The van der Waals surface area contributed by atoms with Gasteiger partial charge in [0.15, 0.2) is 0 Å². The number of rotatable bonds is 5. The number of nitrogens with zero attached hydrogens (tertiary/aromatic N) is 1. The Labute approximate surface area is 127 Å². The standard InChI is InChI=1S/C19H24N2/c1-20-14-6-7-15-21-18-10-4-2-8-16(18)12-13-17-9-3-5-11-19(17)21/h2-5,8-11,20H,6-7,12-15H2,1H3. The van der Waals surface area contributed by atoms with Gasteiger partial charge < -0.3 is 10.2 Å². The topological polar surface area (TPSA) is 15.3 Å². The van der Waals surface area contributed by atoms with Gasteiger partial charge in [-0.3, -0.25) is 0 Å². The van der Waals surface area contributed by atoms with Gasteiger partial charge in [-0.2, -0.15) is 0 Å². The van der Waals surface area contributed by atoms with Crippen molar-refractivity contribution in [3.05, 3.63) is 59.7 Å². The average molecular weight is 280 g/mol. The van der Waals surface area contributed by atoms with Crippen molar-refractivity contribution in [2.75, 3.05) is 25.0 Å². The predicted octanol–water partition coefficient (Wildman–Crippen LogP) is 3.92. The molecule has 0 aliphatic carbocycles. The van der Waals surface area contributed by atoms with Gasteiger partial charge in [-0.05, 0) is 62.5 Å². The lowest BCUT2D eigenvalue weighted by atomic mass is 10.0. The first-order valence-electron chi connectivity index (χ1n) is 7.98. The minimum Gasteiger partial charge on any atom is -0.341 e. The van der Waals surface area contributed by atoms with E-state index in [9.17, 15) is 0 Å². The molecule has 0 spiro atoms. The normalized spacial score (nSPS) is 13.5. The van der Waals surface area contributed by atoms with Crippen molar-refractivity contribution < 1.29 is 0 Å². The lowest BCUT2D eigenvalue weighted by Gasteiger charge is -2.27. The highest BCUT2D eigenvalue weighted by Crippen LogP contribution is 2.35. The van der Waals surface area contributed by atoms with Gasteiger partial charge >= 0.3 is 0 Å². The van der Waals surface area contributed by atoms with Crippen LogP contribution in [0.3, 0.4) is 0 Å². The Morgan fingerprint density at radius 3 is 2.00 bits per heavy atom. The molecule has 0 saturated carbocycles. The number of hydrogen-bond donors (Lipinski definition) is 1. The van der Waals surface area contributed by atoms with Crippen molar-refractivity contribution in [3.63, 3.8) is 0 Å². The van der Waals surface area contributed by atoms with Gasteiger partial charge in [0.1, 0.15) is 0 Å². The summed E-state index contributed by atoms with van der Waals surface area (Å²) in [5, 5.41) is 3.24. The Kier molecular flexibility index (Phi) is 4.56. The van der Waals surface area contributed by atoms with Crippen molar-refractivity contribution in [1.82, 2.24) is 5.32 Å². The van der Waals surface area contributed by atoms with Gasteiger partial charge in [0.25, 0.3) is 0 Å². The van der Waals surface area contributed by atoms with E-state index in [0.717, 1.165) is 25.9 Å². The molecule has 0 saturated heterocycles. The average Bonchev–Trinajstić information content (AvgIpc) is 2.69. The summed E-state index contributed by atoms with van der Waals surface area (Å²) in [4.78, 5) is 2.52. The molecule has 0 aromatic heterocycles. The molecule has 2 aromatic carbocycles. The lowest BCUT2D eigenvalue weighted by molar-refractivity contribution is 0.678. The number of fused-ring (bicyclic) bond motifs is 2. The Hall–Kier alpha value is -1.80. The molecule has 21 heavy (non-hydrogen) atoms. The van der Waals surface area contributed by atoms with E-state index in [1.165, 1.54) is 35.3 Å². The highest BCUT2D eigenvalue weighted by Gasteiger charge is 2.19. The van der Waals surface area contributed by atoms with Crippen molar-refractivity contribution >= 4 is 11.4 Å². The first-order valence-corrected chi connectivity index (χ1v) is 7.98. The summed E-state index contributed by atoms with van der Waals surface area (Å²) >= 11 is 0. The minimum atomic E-state index is 1.09. The smallest absolute Gasteiger partial charge is 0.0443 e. The quantitative estimate of drug-likeness (QED) is 0.835. The van der Waals surface area contributed by atoms with Crippen LogP contribution in [-0.4, -0.2) is 20.1 Å². The Bertz CT molecular complexity index is 544. The van der Waals surface area contributed by atoms with Crippen LogP contribution >= 0.6 is 0 Å². The lowest BCUT2D eigenvalue weighted by Crippen LogP contribution is -2.20. The van der Waals surface area contributed by atoms with E-state index in [1.807, 2.05) is 7.05 Å². The summed E-state index contributed by atoms with van der Waals surface area (Å²) in [7, 11) is 2.02. The Morgan fingerprint density at radius 2 is 1.43 bits per heavy atom. The van der Waals surface area contributed by atoms with E-state index in [1.54, 1.807) is 0 Å². The molecule has 2 heteroatoms. The van der Waals surface area contributed by atoms with Crippen LogP contribution in [0.15, 0.2) is 48.5 Å². The van der Waals surface area contributed by atoms with Crippen LogP contribution < -0.4 is 10.2 Å². The molecule has 2 nitrogen and oxygen atoms in total. The van der Waals surface area contributed by atoms with Crippen LogP contribution in [0.1, 0.15) is 24.0 Å². The summed E-state index contributed by atoms with van der Waals surface area (Å²) in [6.07, 6.45) is 4.71. The second-order valence-electron chi connectivity index (χ2n) is 5.72. The van der Waals surface area contributed by atoms with Crippen molar-refractivity contribution in [3.8, 4) is 0 Å². The highest BCUT2D eigenvalue weighted by molar-refractivity contribution is 5.71. The van der Waals surface area contributed by atoms with Gasteiger partial charge in [-0.15, -0.1) is 0 Å². The molecule has 3 rings (SSSR count). The number of aryl methyl sites for hydroxylation is 2. The molecule has 0 radical (unpaired) electrons. The molecule has 0 atom stereocenters. The second-order valence-corrected chi connectivity index (χ2v) is 5.72. The number of nitrogens with one attached hydrogen (secondary N) is 1. The molecule has 1 aliphatic heterocycles. The fourth-order valence-corrected chi connectivity index (χ4v) is 3.18. The number of para-hydroxylation sites is 2. The van der Waals surface area contributed by atoms with Gasteiger partial charge in [0, 0.05) is 17.9 Å². The van der Waals surface area contributed by atoms with E-state index >= 15 is 0 Å². The second kappa shape index (κ2) is 6.77. The predicted molar refractivity (Wildman–Crippen MR) is 90.5 cm³/mol. The molecule has 110 valence electrons. The monoisotopic (exact) mass is 280 g/mol. The zero-order valence-electron chi connectivity index (χ0n) is 12.8. The first kappa shape index (κ1) is 14.2. The molecule has 2 aromatic rings. The number of unbranched alkanes of at least 4 members (excludes halogenated alkanes) is 1. The molecule has 1 heterocycles. The highest BCUT2D eigenvalue weighted by atomic mass is 15.1. The third-order valence-corrected chi connectivity index (χ3v) is 4.29. The summed E-state index contributed by atoms with van der Waals surface area (Å²) in [5.41, 5.74) is 5.74. The van der Waals surface area contributed by atoms with Crippen LogP contribution in [0.5, 0.6) is 0 Å². The van der Waals surface area contributed by atoms with Crippen molar-refractivity contribution in [1.29, 1.82) is 0 Å². The van der Waals surface area contributed by atoms with Gasteiger partial charge in [0.05, 0.1) is 0 Å². The third-order valence-electron chi connectivity index (χ3n) is 4.29. The maximum absolute atomic E-state index is 3.24. The van der Waals surface area contributed by atoms with Crippen LogP contribution in [0.4, 0.5) is 11.4 Å². The zero-order chi connectivity index (χ0) is 14.5. The maximum atomic E-state index is 3.24. The molecule has 0 unspecified atom stereocenters. The fourth-order valence-electron chi connectivity index (χ4n) is 3.18. The number of benzene rings is 2. The number of anilines is 2. The van der Waals surface area contributed by atoms with Crippen molar-refractivity contribution in [2.45, 2.75) is 25.7 Å². The van der Waals surface area contributed by atoms with E-state index in [-0.39, 0.29) is 0 Å². The summed E-state index contributed by atoms with van der Waals surface area (Å²) in [5.74, 6) is 0. The van der Waals surface area contributed by atoms with E-state index in [0.29, 0.717) is 0 Å². The maximum Gasteiger partial charge on any atom is 0.0443 e. The van der Waals surface area contributed by atoms with Crippen LogP contribution in [0, 0.1) is 0 Å². The zero-order valence-corrected chi connectivity index (χ0v) is 12.8. The largest absolute Gasteiger partial charge is 0.341 e. The van der Waals surface area contributed by atoms with Crippen LogP contribution in [-0.2, 0) is 12.8 Å². The fraction of sp³-hybridized carbons (Fsp3) is 0.368. The van der Waals surface area contributed by atoms with Gasteiger partial charge in [-0.1, -0.05) is 36.4 Å². The first-order chi connectivity index (χ1) is 10.4. The molecule has 0 bridgehead atoms. The summed E-state index contributed by atoms with van der Waals surface area (Å²) < 4.78 is 0. The SMILES string of the molecule is CNCCCCN1c2ccccc2CCc2ccccc21. The Morgan fingerprint density at radius 1 is 0.857 bits per heavy atom. The van der Waals surface area contributed by atoms with Crippen LogP contribution in [0.25, 0.3) is 0 Å². The summed E-state index contributed by atoms with van der Waals surface area (Å²) in [6, 6.07) is 17.7. The molecular formula is C19H24N2. The van der Waals surface area contributed by atoms with E-state index < -0.39 is 0 Å². The van der Waals surface area contributed by atoms with E-state index in [4.69, 9.17) is 0 Å². The molecule has 0 fully saturated rings. The molecular weight excluding hydrogens is 256 g/mol.